The zero-order chi connectivity index (χ0) is 15.0. The maximum Gasteiger partial charge on any atom is 0.169 e. The van der Waals surface area contributed by atoms with E-state index in [9.17, 15) is 4.39 Å². The first-order valence-corrected chi connectivity index (χ1v) is 8.07. The number of nitrogens with one attached hydrogen (secondary N) is 2. The summed E-state index contributed by atoms with van der Waals surface area (Å²) in [5, 5.41) is 6.70. The lowest BCUT2D eigenvalue weighted by Gasteiger charge is -2.24. The summed E-state index contributed by atoms with van der Waals surface area (Å²) in [5.41, 5.74) is 0.666. The summed E-state index contributed by atoms with van der Waals surface area (Å²) in [4.78, 5) is 4.22. The molecule has 21 heavy (non-hydrogen) atoms. The van der Waals surface area contributed by atoms with Crippen LogP contribution >= 0.6 is 0 Å². The summed E-state index contributed by atoms with van der Waals surface area (Å²) in [6, 6.07) is 2.18. The van der Waals surface area contributed by atoms with Crippen molar-refractivity contribution < 1.29 is 4.39 Å². The lowest BCUT2D eigenvalue weighted by Crippen LogP contribution is -2.35. The molecule has 3 atom stereocenters. The highest BCUT2D eigenvalue weighted by Gasteiger charge is 2.39. The van der Waals surface area contributed by atoms with E-state index >= 15 is 0 Å². The van der Waals surface area contributed by atoms with Crippen molar-refractivity contribution in [3.63, 3.8) is 0 Å². The average Bonchev–Trinajstić information content (AvgIpc) is 3.01. The topological polar surface area (TPSA) is 37.0 Å². The maximum atomic E-state index is 14.6. The van der Waals surface area contributed by atoms with Crippen molar-refractivity contribution in [2.75, 3.05) is 5.32 Å². The predicted octanol–water partition coefficient (Wildman–Crippen LogP) is 3.71. The van der Waals surface area contributed by atoms with Crippen LogP contribution in [0.25, 0.3) is 0 Å². The quantitative estimate of drug-likeness (QED) is 0.888. The lowest BCUT2D eigenvalue weighted by molar-refractivity contribution is 0.417. The van der Waals surface area contributed by atoms with Gasteiger partial charge in [-0.25, -0.2) is 9.37 Å². The van der Waals surface area contributed by atoms with Gasteiger partial charge in [0, 0.05) is 29.9 Å². The Morgan fingerprint density at radius 3 is 2.71 bits per heavy atom. The number of aromatic nitrogens is 1. The molecule has 0 radical (unpaired) electrons. The Bertz CT molecular complexity index is 509. The molecule has 4 heteroatoms. The molecule has 3 unspecified atom stereocenters. The van der Waals surface area contributed by atoms with Crippen molar-refractivity contribution >= 4 is 5.82 Å². The molecule has 2 aliphatic rings. The minimum Gasteiger partial charge on any atom is -0.365 e. The molecule has 0 aliphatic heterocycles. The number of nitrogens with zero attached hydrogens (tertiary/aromatic N) is 1. The Balaban J connectivity index is 1.68. The van der Waals surface area contributed by atoms with Crippen LogP contribution in [0, 0.1) is 17.7 Å². The Morgan fingerprint density at radius 1 is 1.29 bits per heavy atom. The average molecular weight is 291 g/mol. The molecule has 2 saturated carbocycles. The highest BCUT2D eigenvalue weighted by molar-refractivity contribution is 5.41. The van der Waals surface area contributed by atoms with Crippen LogP contribution in [-0.2, 0) is 6.54 Å². The highest BCUT2D eigenvalue weighted by atomic mass is 19.1. The zero-order valence-corrected chi connectivity index (χ0v) is 13.2. The monoisotopic (exact) mass is 291 g/mol. The van der Waals surface area contributed by atoms with Gasteiger partial charge in [-0.05, 0) is 57.9 Å². The van der Waals surface area contributed by atoms with Gasteiger partial charge in [0.15, 0.2) is 11.6 Å². The van der Waals surface area contributed by atoms with Crippen molar-refractivity contribution in [2.24, 2.45) is 11.8 Å². The zero-order valence-electron chi connectivity index (χ0n) is 13.2. The van der Waals surface area contributed by atoms with Crippen LogP contribution in [0.3, 0.4) is 0 Å². The molecule has 2 fully saturated rings. The lowest BCUT2D eigenvalue weighted by atomic mass is 9.95. The molecule has 2 N–H and O–H groups in total. The van der Waals surface area contributed by atoms with E-state index in [2.05, 4.69) is 36.4 Å². The van der Waals surface area contributed by atoms with E-state index < -0.39 is 0 Å². The molecule has 0 spiro atoms. The number of rotatable bonds is 4. The van der Waals surface area contributed by atoms with Crippen LogP contribution < -0.4 is 10.6 Å². The molecule has 0 saturated heterocycles. The van der Waals surface area contributed by atoms with Crippen LogP contribution in [0.15, 0.2) is 12.3 Å². The molecule has 3 nitrogen and oxygen atoms in total. The van der Waals surface area contributed by atoms with Gasteiger partial charge in [-0.2, -0.15) is 0 Å². The van der Waals surface area contributed by atoms with Crippen LogP contribution in [0.5, 0.6) is 0 Å². The minimum atomic E-state index is -0.197. The number of pyridine rings is 1. The van der Waals surface area contributed by atoms with Crippen LogP contribution in [0.4, 0.5) is 10.2 Å². The number of halogens is 1. The predicted molar refractivity (Wildman–Crippen MR) is 83.6 cm³/mol. The summed E-state index contributed by atoms with van der Waals surface area (Å²) in [6.45, 7) is 6.78. The fourth-order valence-corrected chi connectivity index (χ4v) is 3.68. The summed E-state index contributed by atoms with van der Waals surface area (Å²) >= 11 is 0. The summed E-state index contributed by atoms with van der Waals surface area (Å²) in [5.74, 6) is 1.80. The summed E-state index contributed by atoms with van der Waals surface area (Å²) in [6.07, 6.45) is 6.84. The van der Waals surface area contributed by atoms with E-state index in [1.54, 1.807) is 12.3 Å². The third-order valence-corrected chi connectivity index (χ3v) is 4.84. The Hall–Kier alpha value is -1.16. The van der Waals surface area contributed by atoms with Crippen molar-refractivity contribution in [2.45, 2.75) is 64.6 Å². The number of fused-ring (bicyclic) bond motifs is 2. The second kappa shape index (κ2) is 5.56. The van der Waals surface area contributed by atoms with Gasteiger partial charge in [0.1, 0.15) is 0 Å². The molecule has 2 bridgehead atoms. The minimum absolute atomic E-state index is 0.0199. The van der Waals surface area contributed by atoms with Crippen molar-refractivity contribution in [1.82, 2.24) is 10.3 Å². The van der Waals surface area contributed by atoms with E-state index in [1.807, 2.05) is 0 Å². The molecule has 1 aromatic rings. The van der Waals surface area contributed by atoms with Crippen molar-refractivity contribution in [3.8, 4) is 0 Å². The summed E-state index contributed by atoms with van der Waals surface area (Å²) in [7, 11) is 0. The van der Waals surface area contributed by atoms with Gasteiger partial charge in [0.25, 0.3) is 0 Å². The van der Waals surface area contributed by atoms with Crippen LogP contribution in [0.2, 0.25) is 0 Å². The number of hydrogen-bond donors (Lipinski definition) is 2. The SMILES string of the molecule is CC(C)(C)NCc1ccnc(NC2CC3CCC2C3)c1F. The fraction of sp³-hybridized carbons (Fsp3) is 0.706. The van der Waals surface area contributed by atoms with Crippen LogP contribution in [0.1, 0.15) is 52.0 Å². The van der Waals surface area contributed by atoms with Crippen molar-refractivity contribution in [1.29, 1.82) is 0 Å². The van der Waals surface area contributed by atoms with E-state index in [0.29, 0.717) is 29.9 Å². The molecular formula is C17H26FN3. The normalized spacial score (nSPS) is 28.1. The Morgan fingerprint density at radius 2 is 2.10 bits per heavy atom. The smallest absolute Gasteiger partial charge is 0.169 e. The number of anilines is 1. The van der Waals surface area contributed by atoms with Crippen LogP contribution in [-0.4, -0.2) is 16.6 Å². The second-order valence-corrected chi connectivity index (χ2v) is 7.66. The largest absolute Gasteiger partial charge is 0.365 e. The standard InChI is InChI=1S/C17H26FN3/c1-17(2,3)20-10-13-6-7-19-16(15(13)18)21-14-9-11-4-5-12(14)8-11/h6-7,11-12,14,20H,4-5,8-10H2,1-3H3,(H,19,21). The van der Waals surface area contributed by atoms with Gasteiger partial charge in [0.2, 0.25) is 0 Å². The molecule has 0 aromatic carbocycles. The van der Waals surface area contributed by atoms with Gasteiger partial charge in [0.05, 0.1) is 0 Å². The van der Waals surface area contributed by atoms with Gasteiger partial charge in [-0.15, -0.1) is 0 Å². The molecule has 3 rings (SSSR count). The van der Waals surface area contributed by atoms with Crippen molar-refractivity contribution in [3.05, 3.63) is 23.6 Å². The Kier molecular flexibility index (Phi) is 3.91. The van der Waals surface area contributed by atoms with Gasteiger partial charge >= 0.3 is 0 Å². The third kappa shape index (κ3) is 3.37. The molecule has 1 aromatic heterocycles. The molecule has 1 heterocycles. The highest BCUT2D eigenvalue weighted by Crippen LogP contribution is 2.45. The molecule has 116 valence electrons. The first kappa shape index (κ1) is 14.8. The maximum absolute atomic E-state index is 14.6. The first-order chi connectivity index (χ1) is 9.92. The molecular weight excluding hydrogens is 265 g/mol. The van der Waals surface area contributed by atoms with E-state index in [0.717, 1.165) is 5.92 Å². The molecule has 0 amide bonds. The van der Waals surface area contributed by atoms with E-state index in [1.165, 1.54) is 25.7 Å². The summed E-state index contributed by atoms with van der Waals surface area (Å²) < 4.78 is 14.6. The second-order valence-electron chi connectivity index (χ2n) is 7.66. The molecule has 2 aliphatic carbocycles. The third-order valence-electron chi connectivity index (χ3n) is 4.84. The number of hydrogen-bond acceptors (Lipinski definition) is 3. The van der Waals surface area contributed by atoms with E-state index in [-0.39, 0.29) is 11.4 Å². The Labute approximate surface area is 126 Å². The van der Waals surface area contributed by atoms with E-state index in [4.69, 9.17) is 0 Å². The van der Waals surface area contributed by atoms with Gasteiger partial charge in [-0.1, -0.05) is 6.42 Å². The van der Waals surface area contributed by atoms with Gasteiger partial charge < -0.3 is 10.6 Å². The van der Waals surface area contributed by atoms with Gasteiger partial charge in [-0.3, -0.25) is 0 Å². The fourth-order valence-electron chi connectivity index (χ4n) is 3.68. The first-order valence-electron chi connectivity index (χ1n) is 8.07.